The van der Waals surface area contributed by atoms with Crippen LogP contribution in [0.1, 0.15) is 20.3 Å². The molecule has 1 N–H and O–H groups in total. The first-order valence-electron chi connectivity index (χ1n) is 8.17. The molecule has 2 fully saturated rings. The number of methoxy groups -OCH3 is 1. The van der Waals surface area contributed by atoms with Gasteiger partial charge in [0, 0.05) is 26.2 Å². The van der Waals surface area contributed by atoms with Gasteiger partial charge in [-0.1, -0.05) is 6.92 Å². The molecule has 23 heavy (non-hydrogen) atoms. The molecule has 0 saturated carbocycles. The van der Waals surface area contributed by atoms with Gasteiger partial charge in [0.1, 0.15) is 0 Å². The summed E-state index contributed by atoms with van der Waals surface area (Å²) >= 11 is 0. The van der Waals surface area contributed by atoms with Crippen LogP contribution in [0.25, 0.3) is 0 Å². The zero-order valence-corrected chi connectivity index (χ0v) is 14.9. The Bertz CT molecular complexity index is 561. The second kappa shape index (κ2) is 7.51. The van der Waals surface area contributed by atoms with Crippen molar-refractivity contribution in [3.05, 3.63) is 0 Å². The topological polar surface area (TPSA) is 88.1 Å². The average Bonchev–Trinajstić information content (AvgIpc) is 3.05. The molecule has 3 atom stereocenters. The van der Waals surface area contributed by atoms with E-state index >= 15 is 0 Å². The van der Waals surface area contributed by atoms with Gasteiger partial charge in [0.25, 0.3) is 0 Å². The summed E-state index contributed by atoms with van der Waals surface area (Å²) in [7, 11) is -1.46. The summed E-state index contributed by atoms with van der Waals surface area (Å²) < 4.78 is 27.9. The van der Waals surface area contributed by atoms with Crippen LogP contribution in [0.4, 0.5) is 0 Å². The summed E-state index contributed by atoms with van der Waals surface area (Å²) in [6.07, 6.45) is 0.687. The van der Waals surface area contributed by atoms with Gasteiger partial charge in [-0.25, -0.2) is 8.42 Å². The van der Waals surface area contributed by atoms with Crippen LogP contribution in [0.3, 0.4) is 0 Å². The number of rotatable bonds is 4. The first kappa shape index (κ1) is 18.0. The van der Waals surface area contributed by atoms with Crippen LogP contribution < -0.4 is 5.32 Å². The van der Waals surface area contributed by atoms with Crippen molar-refractivity contribution in [1.82, 2.24) is 10.2 Å². The smallest absolute Gasteiger partial charge is 0.310 e. The Morgan fingerprint density at radius 3 is 2.70 bits per heavy atom. The van der Waals surface area contributed by atoms with Gasteiger partial charge in [0.15, 0.2) is 15.8 Å². The molecule has 2 saturated heterocycles. The number of hydrogen-bond acceptors (Lipinski definition) is 5. The molecule has 2 aliphatic rings. The molecule has 0 radical (unpaired) electrons. The van der Waals surface area contributed by atoms with Crippen LogP contribution >= 0.6 is 0 Å². The Kier molecular flexibility index (Phi) is 5.89. The third-order valence-electron chi connectivity index (χ3n) is 4.58. The van der Waals surface area contributed by atoms with Crippen LogP contribution in [-0.4, -0.2) is 70.0 Å². The molecule has 0 aromatic rings. The molecule has 8 heteroatoms. The summed E-state index contributed by atoms with van der Waals surface area (Å²) in [4.78, 5) is 18.5. The largest absolute Gasteiger partial charge is 0.469 e. The monoisotopic (exact) mass is 345 g/mol. The summed E-state index contributed by atoms with van der Waals surface area (Å²) in [5, 5.41) is 3.24. The third-order valence-corrected chi connectivity index (χ3v) is 6.41. The summed E-state index contributed by atoms with van der Waals surface area (Å²) in [6, 6.07) is 0. The molecule has 3 unspecified atom stereocenters. The Morgan fingerprint density at radius 2 is 2.13 bits per heavy atom. The second-order valence-electron chi connectivity index (χ2n) is 6.48. The number of guanidine groups is 1. The van der Waals surface area contributed by atoms with Crippen LogP contribution in [0.5, 0.6) is 0 Å². The number of nitrogens with zero attached hydrogens (tertiary/aromatic N) is 2. The minimum atomic E-state index is -2.87. The normalized spacial score (nSPS) is 30.5. The fraction of sp³-hybridized carbons (Fsp3) is 0.867. The van der Waals surface area contributed by atoms with E-state index in [-0.39, 0.29) is 35.2 Å². The van der Waals surface area contributed by atoms with Crippen molar-refractivity contribution < 1.29 is 17.9 Å². The predicted molar refractivity (Wildman–Crippen MR) is 89.0 cm³/mol. The van der Waals surface area contributed by atoms with E-state index in [0.29, 0.717) is 19.5 Å². The van der Waals surface area contributed by atoms with Crippen molar-refractivity contribution in [2.75, 3.05) is 44.8 Å². The standard InChI is InChI=1S/C15H27N3O4S/c1-4-16-15(17-7-12-5-6-23(20,21)10-12)18-8-11(2)13(9-18)14(19)22-3/h11-13H,4-10H2,1-3H3,(H,16,17). The molecule has 2 heterocycles. The minimum absolute atomic E-state index is 0.102. The number of sulfone groups is 1. The Balaban J connectivity index is 2.01. The van der Waals surface area contributed by atoms with Crippen molar-refractivity contribution in [2.24, 2.45) is 22.7 Å². The molecule has 132 valence electrons. The fourth-order valence-corrected chi connectivity index (χ4v) is 5.10. The van der Waals surface area contributed by atoms with Gasteiger partial charge >= 0.3 is 5.97 Å². The highest BCUT2D eigenvalue weighted by molar-refractivity contribution is 7.91. The highest BCUT2D eigenvalue weighted by Gasteiger charge is 2.37. The maximum Gasteiger partial charge on any atom is 0.310 e. The molecule has 0 spiro atoms. The van der Waals surface area contributed by atoms with E-state index in [1.54, 1.807) is 0 Å². The number of esters is 1. The number of carbonyl (C=O) groups is 1. The van der Waals surface area contributed by atoms with Gasteiger partial charge in [0.2, 0.25) is 0 Å². The Morgan fingerprint density at radius 1 is 1.39 bits per heavy atom. The van der Waals surface area contributed by atoms with Crippen LogP contribution in [0, 0.1) is 17.8 Å². The van der Waals surface area contributed by atoms with E-state index in [4.69, 9.17) is 4.74 Å². The number of ether oxygens (including phenoxy) is 1. The molecule has 2 aliphatic heterocycles. The summed E-state index contributed by atoms with van der Waals surface area (Å²) in [6.45, 7) is 6.60. The first-order chi connectivity index (χ1) is 10.9. The maximum absolute atomic E-state index is 11.8. The lowest BCUT2D eigenvalue weighted by Gasteiger charge is -2.22. The highest BCUT2D eigenvalue weighted by Crippen LogP contribution is 2.24. The molecule has 0 aliphatic carbocycles. The second-order valence-corrected chi connectivity index (χ2v) is 8.70. The average molecular weight is 345 g/mol. The van der Waals surface area contributed by atoms with Gasteiger partial charge in [-0.2, -0.15) is 0 Å². The fourth-order valence-electron chi connectivity index (χ4n) is 3.26. The Hall–Kier alpha value is -1.31. The summed E-state index contributed by atoms with van der Waals surface area (Å²) in [5.41, 5.74) is 0. The summed E-state index contributed by atoms with van der Waals surface area (Å²) in [5.74, 6) is 1.25. The number of aliphatic imine (C=N–C) groups is 1. The molecule has 0 amide bonds. The predicted octanol–water partition coefficient (Wildman–Crippen LogP) is 0.128. The van der Waals surface area contributed by atoms with Gasteiger partial charge in [-0.15, -0.1) is 0 Å². The lowest BCUT2D eigenvalue weighted by molar-refractivity contribution is -0.145. The Labute approximate surface area is 138 Å². The van der Waals surface area contributed by atoms with Crippen LogP contribution in [0.15, 0.2) is 4.99 Å². The van der Waals surface area contributed by atoms with Gasteiger partial charge < -0.3 is 15.0 Å². The van der Waals surface area contributed by atoms with Crippen molar-refractivity contribution >= 4 is 21.8 Å². The van der Waals surface area contributed by atoms with Crippen molar-refractivity contribution in [3.8, 4) is 0 Å². The number of nitrogens with one attached hydrogen (secondary N) is 1. The number of carbonyl (C=O) groups excluding carboxylic acids is 1. The van der Waals surface area contributed by atoms with Crippen molar-refractivity contribution in [3.63, 3.8) is 0 Å². The highest BCUT2D eigenvalue weighted by atomic mass is 32.2. The lowest BCUT2D eigenvalue weighted by atomic mass is 9.99. The van der Waals surface area contributed by atoms with Crippen LogP contribution in [0.2, 0.25) is 0 Å². The lowest BCUT2D eigenvalue weighted by Crippen LogP contribution is -2.41. The molecule has 0 aromatic carbocycles. The van der Waals surface area contributed by atoms with E-state index in [1.807, 2.05) is 13.8 Å². The molecule has 0 aromatic heterocycles. The van der Waals surface area contributed by atoms with Crippen molar-refractivity contribution in [1.29, 1.82) is 0 Å². The quantitative estimate of drug-likeness (QED) is 0.443. The van der Waals surface area contributed by atoms with E-state index in [2.05, 4.69) is 15.2 Å². The number of likely N-dealkylation sites (tertiary alicyclic amines) is 1. The maximum atomic E-state index is 11.8. The molecular weight excluding hydrogens is 318 g/mol. The zero-order valence-electron chi connectivity index (χ0n) is 14.1. The minimum Gasteiger partial charge on any atom is -0.469 e. The van der Waals surface area contributed by atoms with Crippen LogP contribution in [-0.2, 0) is 19.4 Å². The van der Waals surface area contributed by atoms with E-state index < -0.39 is 9.84 Å². The number of hydrogen-bond donors (Lipinski definition) is 1. The third kappa shape index (κ3) is 4.59. The molecular formula is C15H27N3O4S. The van der Waals surface area contributed by atoms with Gasteiger partial charge in [0.05, 0.1) is 24.5 Å². The van der Waals surface area contributed by atoms with E-state index in [1.165, 1.54) is 7.11 Å². The van der Waals surface area contributed by atoms with Gasteiger partial charge in [-0.05, 0) is 25.2 Å². The zero-order chi connectivity index (χ0) is 17.0. The molecule has 0 bridgehead atoms. The van der Waals surface area contributed by atoms with Crippen molar-refractivity contribution in [2.45, 2.75) is 20.3 Å². The molecule has 7 nitrogen and oxygen atoms in total. The van der Waals surface area contributed by atoms with Gasteiger partial charge in [-0.3, -0.25) is 9.79 Å². The first-order valence-corrected chi connectivity index (χ1v) is 10.00. The van der Waals surface area contributed by atoms with E-state index in [9.17, 15) is 13.2 Å². The molecule has 2 rings (SSSR count). The van der Waals surface area contributed by atoms with E-state index in [0.717, 1.165) is 19.0 Å². The SMILES string of the molecule is CCNC(=NCC1CCS(=O)(=O)C1)N1CC(C)C(C(=O)OC)C1.